The fourth-order valence-electron chi connectivity index (χ4n) is 3.30. The molecule has 0 bridgehead atoms. The van der Waals surface area contributed by atoms with Gasteiger partial charge in [0.25, 0.3) is 0 Å². The molecule has 0 spiro atoms. The van der Waals surface area contributed by atoms with Crippen molar-refractivity contribution in [1.82, 2.24) is 14.8 Å². The van der Waals surface area contributed by atoms with Crippen LogP contribution in [0.1, 0.15) is 30.0 Å². The van der Waals surface area contributed by atoms with Gasteiger partial charge in [-0.15, -0.1) is 11.3 Å². The van der Waals surface area contributed by atoms with Crippen LogP contribution in [0, 0.1) is 12.8 Å². The van der Waals surface area contributed by atoms with Crippen molar-refractivity contribution in [3.05, 3.63) is 16.1 Å². The van der Waals surface area contributed by atoms with E-state index in [1.807, 2.05) is 11.8 Å². The van der Waals surface area contributed by atoms with Crippen LogP contribution in [0.5, 0.6) is 0 Å². The molecular weight excluding hydrogens is 286 g/mol. The average Bonchev–Trinajstić information content (AvgIpc) is 3.08. The van der Waals surface area contributed by atoms with Crippen molar-refractivity contribution in [1.29, 1.82) is 0 Å². The lowest BCUT2D eigenvalue weighted by atomic mass is 10.0. The van der Waals surface area contributed by atoms with E-state index in [4.69, 9.17) is 0 Å². The molecule has 5 nitrogen and oxygen atoms in total. The molecule has 1 aromatic heterocycles. The normalized spacial score (nSPS) is 27.2. The standard InChI is InChI=1S/C15H23N3O2S/c1-11-16-12(10-21-11)9-17-5-7-18(8-6-17)15(20)13-3-2-4-14(13)19/h10,13-14,19H,2-9H2,1H3. The monoisotopic (exact) mass is 309 g/mol. The van der Waals surface area contributed by atoms with Gasteiger partial charge in [-0.3, -0.25) is 9.69 Å². The molecule has 1 N–H and O–H groups in total. The predicted octanol–water partition coefficient (Wildman–Crippen LogP) is 1.26. The lowest BCUT2D eigenvalue weighted by molar-refractivity contribution is -0.140. The molecule has 1 aromatic rings. The van der Waals surface area contributed by atoms with Crippen molar-refractivity contribution in [2.45, 2.75) is 38.8 Å². The summed E-state index contributed by atoms with van der Waals surface area (Å²) >= 11 is 1.69. The van der Waals surface area contributed by atoms with Gasteiger partial charge in [0.15, 0.2) is 0 Å². The molecule has 2 unspecified atom stereocenters. The van der Waals surface area contributed by atoms with E-state index in [2.05, 4.69) is 15.3 Å². The van der Waals surface area contributed by atoms with E-state index in [9.17, 15) is 9.90 Å². The Labute approximate surface area is 129 Å². The number of carbonyl (C=O) groups excluding carboxylic acids is 1. The molecule has 1 saturated heterocycles. The number of rotatable bonds is 3. The molecule has 2 aliphatic rings. The number of hydrogen-bond donors (Lipinski definition) is 1. The minimum atomic E-state index is -0.423. The van der Waals surface area contributed by atoms with E-state index < -0.39 is 6.10 Å². The molecule has 6 heteroatoms. The third-order valence-corrected chi connectivity index (χ3v) is 5.36. The van der Waals surface area contributed by atoms with Crippen molar-refractivity contribution in [2.24, 2.45) is 5.92 Å². The summed E-state index contributed by atoms with van der Waals surface area (Å²) in [6, 6.07) is 0. The number of aryl methyl sites for hydroxylation is 1. The molecule has 2 fully saturated rings. The third kappa shape index (κ3) is 3.44. The van der Waals surface area contributed by atoms with E-state index in [1.165, 1.54) is 0 Å². The van der Waals surface area contributed by atoms with Crippen molar-refractivity contribution >= 4 is 17.2 Å². The Morgan fingerprint density at radius 1 is 1.38 bits per heavy atom. The van der Waals surface area contributed by atoms with Crippen LogP contribution < -0.4 is 0 Å². The molecule has 1 saturated carbocycles. The molecule has 2 heterocycles. The fraction of sp³-hybridized carbons (Fsp3) is 0.733. The largest absolute Gasteiger partial charge is 0.392 e. The molecule has 0 aromatic carbocycles. The van der Waals surface area contributed by atoms with Crippen LogP contribution in [0.15, 0.2) is 5.38 Å². The van der Waals surface area contributed by atoms with E-state index in [-0.39, 0.29) is 11.8 Å². The molecule has 21 heavy (non-hydrogen) atoms. The van der Waals surface area contributed by atoms with Gasteiger partial charge < -0.3 is 10.0 Å². The first-order valence-electron chi connectivity index (χ1n) is 7.73. The van der Waals surface area contributed by atoms with Crippen LogP contribution in [0.25, 0.3) is 0 Å². The van der Waals surface area contributed by atoms with E-state index in [0.717, 1.165) is 62.7 Å². The molecule has 1 amide bonds. The zero-order valence-corrected chi connectivity index (χ0v) is 13.3. The zero-order chi connectivity index (χ0) is 14.8. The topological polar surface area (TPSA) is 56.7 Å². The highest BCUT2D eigenvalue weighted by atomic mass is 32.1. The maximum atomic E-state index is 12.4. The predicted molar refractivity (Wildman–Crippen MR) is 82.1 cm³/mol. The van der Waals surface area contributed by atoms with Crippen LogP contribution >= 0.6 is 11.3 Å². The second-order valence-electron chi connectivity index (χ2n) is 6.06. The highest BCUT2D eigenvalue weighted by Crippen LogP contribution is 2.27. The SMILES string of the molecule is Cc1nc(CN2CCN(C(=O)C3CCCC3O)CC2)cs1. The number of aliphatic hydroxyl groups is 1. The first-order valence-corrected chi connectivity index (χ1v) is 8.61. The Bertz CT molecular complexity index is 497. The Kier molecular flexibility index (Phi) is 4.57. The van der Waals surface area contributed by atoms with Crippen LogP contribution in [-0.2, 0) is 11.3 Å². The Morgan fingerprint density at radius 2 is 2.14 bits per heavy atom. The quantitative estimate of drug-likeness (QED) is 0.913. The summed E-state index contributed by atoms with van der Waals surface area (Å²) in [5.74, 6) is 0.00175. The Morgan fingerprint density at radius 3 is 2.71 bits per heavy atom. The number of amides is 1. The Balaban J connectivity index is 1.49. The second-order valence-corrected chi connectivity index (χ2v) is 7.13. The minimum Gasteiger partial charge on any atom is -0.392 e. The number of nitrogens with zero attached hydrogens (tertiary/aromatic N) is 3. The number of thiazole rings is 1. The summed E-state index contributed by atoms with van der Waals surface area (Å²) in [4.78, 5) is 21.2. The maximum Gasteiger partial charge on any atom is 0.228 e. The number of hydrogen-bond acceptors (Lipinski definition) is 5. The van der Waals surface area contributed by atoms with Crippen molar-refractivity contribution < 1.29 is 9.90 Å². The fourth-order valence-corrected chi connectivity index (χ4v) is 3.90. The first-order chi connectivity index (χ1) is 10.1. The lowest BCUT2D eigenvalue weighted by Crippen LogP contribution is -2.50. The number of piperazine rings is 1. The highest BCUT2D eigenvalue weighted by Gasteiger charge is 2.35. The number of aromatic nitrogens is 1. The first kappa shape index (κ1) is 14.9. The van der Waals surface area contributed by atoms with Crippen molar-refractivity contribution in [2.75, 3.05) is 26.2 Å². The van der Waals surface area contributed by atoms with E-state index in [0.29, 0.717) is 0 Å². The highest BCUT2D eigenvalue weighted by molar-refractivity contribution is 7.09. The summed E-state index contributed by atoms with van der Waals surface area (Å²) in [6.07, 6.45) is 2.17. The second kappa shape index (κ2) is 6.42. The van der Waals surface area contributed by atoms with Gasteiger partial charge in [-0.1, -0.05) is 0 Å². The molecule has 116 valence electrons. The minimum absolute atomic E-state index is 0.155. The molecule has 3 rings (SSSR count). The van der Waals surface area contributed by atoms with E-state index >= 15 is 0 Å². The summed E-state index contributed by atoms with van der Waals surface area (Å²) in [6.45, 7) is 6.22. The summed E-state index contributed by atoms with van der Waals surface area (Å²) in [7, 11) is 0. The molecule has 2 atom stereocenters. The Hall–Kier alpha value is -0.980. The van der Waals surface area contributed by atoms with Gasteiger partial charge in [-0.05, 0) is 26.2 Å². The van der Waals surface area contributed by atoms with Gasteiger partial charge in [-0.25, -0.2) is 4.98 Å². The third-order valence-electron chi connectivity index (χ3n) is 4.53. The summed E-state index contributed by atoms with van der Waals surface area (Å²) in [5, 5.41) is 13.1. The zero-order valence-electron chi connectivity index (χ0n) is 12.5. The molecule has 1 aliphatic carbocycles. The van der Waals surface area contributed by atoms with Crippen molar-refractivity contribution in [3.8, 4) is 0 Å². The van der Waals surface area contributed by atoms with Crippen molar-refractivity contribution in [3.63, 3.8) is 0 Å². The van der Waals surface area contributed by atoms with Crippen LogP contribution in [0.4, 0.5) is 0 Å². The van der Waals surface area contributed by atoms with Gasteiger partial charge >= 0.3 is 0 Å². The molecular formula is C15H23N3O2S. The van der Waals surface area contributed by atoms with Crippen LogP contribution in [-0.4, -0.2) is 58.1 Å². The smallest absolute Gasteiger partial charge is 0.228 e. The average molecular weight is 309 g/mol. The van der Waals surface area contributed by atoms with Gasteiger partial charge in [0, 0.05) is 38.1 Å². The van der Waals surface area contributed by atoms with Gasteiger partial charge in [0.05, 0.1) is 22.7 Å². The molecule has 0 radical (unpaired) electrons. The lowest BCUT2D eigenvalue weighted by Gasteiger charge is -2.36. The van der Waals surface area contributed by atoms with Gasteiger partial charge in [0.2, 0.25) is 5.91 Å². The van der Waals surface area contributed by atoms with Gasteiger partial charge in [0.1, 0.15) is 0 Å². The van der Waals surface area contributed by atoms with Crippen LogP contribution in [0.2, 0.25) is 0 Å². The summed E-state index contributed by atoms with van der Waals surface area (Å²) < 4.78 is 0. The van der Waals surface area contributed by atoms with E-state index in [1.54, 1.807) is 11.3 Å². The number of carbonyl (C=O) groups is 1. The molecule has 1 aliphatic heterocycles. The van der Waals surface area contributed by atoms with Crippen LogP contribution in [0.3, 0.4) is 0 Å². The summed E-state index contributed by atoms with van der Waals surface area (Å²) in [5.41, 5.74) is 1.13. The van der Waals surface area contributed by atoms with Gasteiger partial charge in [-0.2, -0.15) is 0 Å². The maximum absolute atomic E-state index is 12.4. The number of aliphatic hydroxyl groups excluding tert-OH is 1.